The Hall–Kier alpha value is 0.0969. The molecule has 1 aliphatic rings. The lowest BCUT2D eigenvalue weighted by Gasteiger charge is -2.44. The molecule has 0 unspecified atom stereocenters. The molecule has 0 radical (unpaired) electrons. The Labute approximate surface area is 132 Å². The van der Waals surface area contributed by atoms with Gasteiger partial charge in [-0.2, -0.15) is 0 Å². The van der Waals surface area contributed by atoms with E-state index in [9.17, 15) is 0 Å². The lowest BCUT2D eigenvalue weighted by Crippen LogP contribution is -2.50. The van der Waals surface area contributed by atoms with Crippen molar-refractivity contribution in [2.24, 2.45) is 5.92 Å². The van der Waals surface area contributed by atoms with E-state index in [-0.39, 0.29) is 24.9 Å². The van der Waals surface area contributed by atoms with Crippen molar-refractivity contribution in [2.45, 2.75) is 96.7 Å². The van der Waals surface area contributed by atoms with Crippen LogP contribution >= 0.6 is 0 Å². The Morgan fingerprint density at radius 2 is 1.43 bits per heavy atom. The molecule has 4 atom stereocenters. The van der Waals surface area contributed by atoms with Gasteiger partial charge in [-0.3, -0.25) is 0 Å². The Balaban J connectivity index is 2.66. The van der Waals surface area contributed by atoms with Gasteiger partial charge in [0.15, 0.2) is 0 Å². The highest BCUT2D eigenvalue weighted by Crippen LogP contribution is 2.44. The van der Waals surface area contributed by atoms with E-state index in [0.717, 1.165) is 6.42 Å². The van der Waals surface area contributed by atoms with E-state index < -0.39 is 8.32 Å². The van der Waals surface area contributed by atoms with Crippen LogP contribution in [-0.2, 0) is 9.16 Å². The zero-order valence-corrected chi connectivity index (χ0v) is 16.2. The van der Waals surface area contributed by atoms with Crippen molar-refractivity contribution < 1.29 is 14.3 Å². The molecular weight excluding hydrogens is 280 g/mol. The minimum absolute atomic E-state index is 0.0644. The first-order valence-corrected chi connectivity index (χ1v) is 10.7. The topological polar surface area (TPSA) is 42.0 Å². The quantitative estimate of drug-likeness (QED) is 0.508. The monoisotopic (exact) mass is 316 g/mol. The molecule has 126 valence electrons. The van der Waals surface area contributed by atoms with E-state index in [4.69, 9.17) is 14.3 Å². The van der Waals surface area contributed by atoms with Gasteiger partial charge in [-0.15, -0.1) is 0 Å². The Kier molecular flexibility index (Phi) is 6.91. The van der Waals surface area contributed by atoms with E-state index in [1.165, 1.54) is 0 Å². The van der Waals surface area contributed by atoms with E-state index in [1.807, 2.05) is 0 Å². The average molecular weight is 317 g/mol. The summed E-state index contributed by atoms with van der Waals surface area (Å²) < 4.78 is 12.3. The number of aliphatic hydroxyl groups excluding tert-OH is 1. The van der Waals surface area contributed by atoms with Crippen LogP contribution in [0.5, 0.6) is 0 Å². The maximum Gasteiger partial charge on any atom is 0.200 e. The van der Waals surface area contributed by atoms with Crippen molar-refractivity contribution in [3.05, 3.63) is 0 Å². The Morgan fingerprint density at radius 1 is 0.952 bits per heavy atom. The average Bonchev–Trinajstić information content (AvgIpc) is 3.13. The standard InChI is InChI=1S/C17H36O3Si/c1-11(2)21(12(3)4,13(5)6)20-15(8)9-14(7)17-16(10-18)19-17/h11-18H,9-10H2,1-8H3/t14-,15+,16+,17-/m1/s1. The van der Waals surface area contributed by atoms with Crippen LogP contribution in [0.25, 0.3) is 0 Å². The molecule has 0 aromatic rings. The van der Waals surface area contributed by atoms with Crippen LogP contribution < -0.4 is 0 Å². The second-order valence-electron chi connectivity index (χ2n) is 7.78. The van der Waals surface area contributed by atoms with Gasteiger partial charge in [0.2, 0.25) is 8.32 Å². The molecule has 1 heterocycles. The van der Waals surface area contributed by atoms with Gasteiger partial charge in [0.1, 0.15) is 6.10 Å². The fourth-order valence-electron chi connectivity index (χ4n) is 4.27. The van der Waals surface area contributed by atoms with E-state index in [0.29, 0.717) is 22.5 Å². The zero-order chi connectivity index (χ0) is 16.4. The van der Waals surface area contributed by atoms with Crippen molar-refractivity contribution in [2.75, 3.05) is 6.61 Å². The Morgan fingerprint density at radius 3 is 1.76 bits per heavy atom. The second kappa shape index (κ2) is 7.58. The predicted molar refractivity (Wildman–Crippen MR) is 91.1 cm³/mol. The maximum absolute atomic E-state index is 9.11. The van der Waals surface area contributed by atoms with Crippen LogP contribution in [0.15, 0.2) is 0 Å². The maximum atomic E-state index is 9.11. The molecule has 1 N–H and O–H groups in total. The van der Waals surface area contributed by atoms with Crippen molar-refractivity contribution in [1.29, 1.82) is 0 Å². The molecule has 1 fully saturated rings. The van der Waals surface area contributed by atoms with Gasteiger partial charge in [0, 0.05) is 6.10 Å². The van der Waals surface area contributed by atoms with Gasteiger partial charge in [0.25, 0.3) is 0 Å². The van der Waals surface area contributed by atoms with Gasteiger partial charge < -0.3 is 14.3 Å². The molecule has 1 aliphatic heterocycles. The lowest BCUT2D eigenvalue weighted by molar-refractivity contribution is 0.153. The van der Waals surface area contributed by atoms with Gasteiger partial charge in [-0.1, -0.05) is 48.5 Å². The number of ether oxygens (including phenoxy) is 1. The number of rotatable bonds is 9. The third kappa shape index (κ3) is 4.31. The first-order chi connectivity index (χ1) is 9.66. The molecule has 4 heteroatoms. The first kappa shape index (κ1) is 19.1. The molecule has 0 spiro atoms. The van der Waals surface area contributed by atoms with Gasteiger partial charge in [0.05, 0.1) is 12.7 Å². The molecule has 21 heavy (non-hydrogen) atoms. The minimum Gasteiger partial charge on any atom is -0.413 e. The van der Waals surface area contributed by atoms with Crippen LogP contribution in [-0.4, -0.2) is 38.3 Å². The second-order valence-corrected chi connectivity index (χ2v) is 13.2. The third-order valence-corrected chi connectivity index (χ3v) is 11.4. The van der Waals surface area contributed by atoms with Crippen molar-refractivity contribution in [1.82, 2.24) is 0 Å². The zero-order valence-electron chi connectivity index (χ0n) is 15.2. The highest BCUT2D eigenvalue weighted by molar-refractivity contribution is 6.77. The van der Waals surface area contributed by atoms with Crippen molar-refractivity contribution >= 4 is 8.32 Å². The molecule has 0 amide bonds. The molecule has 0 aromatic carbocycles. The molecule has 0 aliphatic carbocycles. The number of hydrogen-bond acceptors (Lipinski definition) is 3. The summed E-state index contributed by atoms with van der Waals surface area (Å²) in [5.74, 6) is 0.454. The van der Waals surface area contributed by atoms with Gasteiger partial charge >= 0.3 is 0 Å². The van der Waals surface area contributed by atoms with Gasteiger partial charge in [-0.05, 0) is 35.9 Å². The molecule has 3 nitrogen and oxygen atoms in total. The van der Waals surface area contributed by atoms with Crippen LogP contribution in [0.3, 0.4) is 0 Å². The predicted octanol–water partition coefficient (Wildman–Crippen LogP) is 4.35. The van der Waals surface area contributed by atoms with Crippen molar-refractivity contribution in [3.8, 4) is 0 Å². The Bertz CT molecular complexity index is 295. The molecule has 0 saturated carbocycles. The summed E-state index contributed by atoms with van der Waals surface area (Å²) in [4.78, 5) is 0. The summed E-state index contributed by atoms with van der Waals surface area (Å²) in [5, 5.41) is 9.11. The molecular formula is C17H36O3Si. The fraction of sp³-hybridized carbons (Fsp3) is 1.00. The first-order valence-electron chi connectivity index (χ1n) is 8.60. The minimum atomic E-state index is -1.79. The molecule has 0 aromatic heterocycles. The lowest BCUT2D eigenvalue weighted by atomic mass is 9.99. The van der Waals surface area contributed by atoms with Crippen molar-refractivity contribution in [3.63, 3.8) is 0 Å². The molecule has 1 saturated heterocycles. The van der Waals surface area contributed by atoms with E-state index in [1.54, 1.807) is 0 Å². The summed E-state index contributed by atoms with van der Waals surface area (Å²) in [5.41, 5.74) is 1.87. The summed E-state index contributed by atoms with van der Waals surface area (Å²) in [6.45, 7) is 18.5. The number of epoxide rings is 1. The smallest absolute Gasteiger partial charge is 0.200 e. The SMILES string of the molecule is CC(C)[Si](O[C@@H](C)C[C@@H](C)[C@H]1O[C@H]1CO)(C(C)C)C(C)C. The van der Waals surface area contributed by atoms with Crippen LogP contribution in [0, 0.1) is 5.92 Å². The van der Waals surface area contributed by atoms with Crippen LogP contribution in [0.2, 0.25) is 16.6 Å². The largest absolute Gasteiger partial charge is 0.413 e. The van der Waals surface area contributed by atoms with Crippen LogP contribution in [0.1, 0.15) is 61.8 Å². The van der Waals surface area contributed by atoms with Crippen LogP contribution in [0.4, 0.5) is 0 Å². The summed E-state index contributed by atoms with van der Waals surface area (Å²) >= 11 is 0. The summed E-state index contributed by atoms with van der Waals surface area (Å²) in [6.07, 6.45) is 1.58. The van der Waals surface area contributed by atoms with Gasteiger partial charge in [-0.25, -0.2) is 0 Å². The summed E-state index contributed by atoms with van der Waals surface area (Å²) in [7, 11) is -1.79. The number of aliphatic hydroxyl groups is 1. The highest BCUT2D eigenvalue weighted by Gasteiger charge is 2.47. The summed E-state index contributed by atoms with van der Waals surface area (Å²) in [6, 6.07) is 0. The number of hydrogen-bond donors (Lipinski definition) is 1. The third-order valence-electron chi connectivity index (χ3n) is 5.18. The van der Waals surface area contributed by atoms with E-state index in [2.05, 4.69) is 55.4 Å². The molecule has 0 bridgehead atoms. The fourth-order valence-corrected chi connectivity index (χ4v) is 9.88. The highest BCUT2D eigenvalue weighted by atomic mass is 28.4. The molecule has 1 rings (SSSR count). The normalized spacial score (nSPS) is 25.7. The van der Waals surface area contributed by atoms with E-state index >= 15 is 0 Å².